The Morgan fingerprint density at radius 3 is 1.94 bits per heavy atom. The van der Waals surface area contributed by atoms with Gasteiger partial charge in [-0.3, -0.25) is 0 Å². The van der Waals surface area contributed by atoms with Crippen molar-refractivity contribution in [3.05, 3.63) is 0 Å². The van der Waals surface area contributed by atoms with Gasteiger partial charge in [-0.1, -0.05) is 47.0 Å². The molecule has 0 heterocycles. The summed E-state index contributed by atoms with van der Waals surface area (Å²) in [5.41, 5.74) is 0. The van der Waals surface area contributed by atoms with Gasteiger partial charge in [0.1, 0.15) is 0 Å². The zero-order chi connectivity index (χ0) is 13.6. The zero-order valence-electron chi connectivity index (χ0n) is 13.2. The van der Waals surface area contributed by atoms with Crippen molar-refractivity contribution in [3.8, 4) is 0 Å². The molecule has 2 heteroatoms. The molecule has 0 aromatic heterocycles. The van der Waals surface area contributed by atoms with Crippen LogP contribution in [0.1, 0.15) is 72.6 Å². The molecule has 18 heavy (non-hydrogen) atoms. The predicted octanol–water partition coefficient (Wildman–Crippen LogP) is 4.48. The van der Waals surface area contributed by atoms with Crippen LogP contribution < -0.4 is 0 Å². The quantitative estimate of drug-likeness (QED) is 0.451. The van der Waals surface area contributed by atoms with E-state index in [0.717, 1.165) is 6.61 Å². The van der Waals surface area contributed by atoms with Crippen LogP contribution in [-0.4, -0.2) is 37.2 Å². The van der Waals surface area contributed by atoms with E-state index in [2.05, 4.69) is 32.6 Å². The van der Waals surface area contributed by atoms with Crippen LogP contribution >= 0.6 is 0 Å². The van der Waals surface area contributed by atoms with Gasteiger partial charge in [0.25, 0.3) is 0 Å². The lowest BCUT2D eigenvalue weighted by Gasteiger charge is -2.21. The van der Waals surface area contributed by atoms with Gasteiger partial charge in [0.05, 0.1) is 6.10 Å². The molecule has 0 aliphatic heterocycles. The largest absolute Gasteiger partial charge is 0.378 e. The summed E-state index contributed by atoms with van der Waals surface area (Å²) in [6.07, 6.45) is 9.23. The lowest BCUT2D eigenvalue weighted by atomic mass is 10.1. The predicted molar refractivity (Wildman–Crippen MR) is 81.2 cm³/mol. The van der Waals surface area contributed by atoms with Crippen LogP contribution in [0.3, 0.4) is 0 Å². The smallest absolute Gasteiger partial charge is 0.0575 e. The first-order valence-corrected chi connectivity index (χ1v) is 8.12. The van der Waals surface area contributed by atoms with Crippen molar-refractivity contribution >= 4 is 0 Å². The van der Waals surface area contributed by atoms with E-state index in [1.165, 1.54) is 64.6 Å². The monoisotopic (exact) mass is 257 g/mol. The Hall–Kier alpha value is -0.0800. The number of unbranched alkanes of at least 4 members (excludes halogenated alkanes) is 1. The molecule has 0 aromatic carbocycles. The molecule has 0 unspecified atom stereocenters. The number of hydrogen-bond acceptors (Lipinski definition) is 2. The standard InChI is InChI=1S/C16H35NO/c1-5-9-13-17(8-4)14-10-15-18-16(11-6-2)12-7-3/h16H,5-15H2,1-4H3. The van der Waals surface area contributed by atoms with E-state index >= 15 is 0 Å². The minimum atomic E-state index is 0.505. The summed E-state index contributed by atoms with van der Waals surface area (Å²) in [7, 11) is 0. The molecule has 2 nitrogen and oxygen atoms in total. The molecule has 0 aromatic rings. The lowest BCUT2D eigenvalue weighted by Crippen LogP contribution is -2.27. The van der Waals surface area contributed by atoms with Gasteiger partial charge < -0.3 is 9.64 Å². The van der Waals surface area contributed by atoms with Gasteiger partial charge in [-0.2, -0.15) is 0 Å². The molecule has 0 spiro atoms. The van der Waals surface area contributed by atoms with Crippen molar-refractivity contribution in [2.24, 2.45) is 0 Å². The van der Waals surface area contributed by atoms with Crippen molar-refractivity contribution in [2.75, 3.05) is 26.2 Å². The van der Waals surface area contributed by atoms with Crippen LogP contribution in [0.4, 0.5) is 0 Å². The van der Waals surface area contributed by atoms with E-state index in [0.29, 0.717) is 6.10 Å². The fourth-order valence-electron chi connectivity index (χ4n) is 2.30. The molecule has 0 rings (SSSR count). The highest BCUT2D eigenvalue weighted by molar-refractivity contribution is 4.58. The molecule has 0 N–H and O–H groups in total. The maximum Gasteiger partial charge on any atom is 0.0575 e. The molecule has 0 saturated heterocycles. The molecule has 0 aliphatic carbocycles. The van der Waals surface area contributed by atoms with Crippen molar-refractivity contribution < 1.29 is 4.74 Å². The van der Waals surface area contributed by atoms with Crippen LogP contribution in [0.25, 0.3) is 0 Å². The highest BCUT2D eigenvalue weighted by Crippen LogP contribution is 2.09. The molecular formula is C16H35NO. The Morgan fingerprint density at radius 1 is 0.833 bits per heavy atom. The van der Waals surface area contributed by atoms with E-state index in [9.17, 15) is 0 Å². The first-order chi connectivity index (χ1) is 8.78. The van der Waals surface area contributed by atoms with E-state index < -0.39 is 0 Å². The zero-order valence-corrected chi connectivity index (χ0v) is 13.2. The van der Waals surface area contributed by atoms with Crippen LogP contribution in [0.15, 0.2) is 0 Å². The highest BCUT2D eigenvalue weighted by atomic mass is 16.5. The maximum absolute atomic E-state index is 6.00. The van der Waals surface area contributed by atoms with Crippen LogP contribution in [-0.2, 0) is 4.74 Å². The van der Waals surface area contributed by atoms with Crippen molar-refractivity contribution in [3.63, 3.8) is 0 Å². The SMILES string of the molecule is CCCCN(CC)CCCOC(CCC)CCC. The molecule has 0 bridgehead atoms. The van der Waals surface area contributed by atoms with Crippen LogP contribution in [0.2, 0.25) is 0 Å². The van der Waals surface area contributed by atoms with Gasteiger partial charge in [0.2, 0.25) is 0 Å². The van der Waals surface area contributed by atoms with Gasteiger partial charge in [-0.15, -0.1) is 0 Å². The second-order valence-electron chi connectivity index (χ2n) is 5.21. The molecule has 0 amide bonds. The lowest BCUT2D eigenvalue weighted by molar-refractivity contribution is 0.0351. The normalized spacial score (nSPS) is 11.7. The number of ether oxygens (including phenoxy) is 1. The first kappa shape index (κ1) is 17.9. The fraction of sp³-hybridized carbons (Fsp3) is 1.00. The van der Waals surface area contributed by atoms with Crippen molar-refractivity contribution in [1.29, 1.82) is 0 Å². The average Bonchev–Trinajstić information content (AvgIpc) is 2.38. The average molecular weight is 257 g/mol. The van der Waals surface area contributed by atoms with E-state index in [-0.39, 0.29) is 0 Å². The fourth-order valence-corrected chi connectivity index (χ4v) is 2.30. The van der Waals surface area contributed by atoms with Gasteiger partial charge in [-0.05, 0) is 38.8 Å². The van der Waals surface area contributed by atoms with E-state index in [1.54, 1.807) is 0 Å². The van der Waals surface area contributed by atoms with Crippen molar-refractivity contribution in [1.82, 2.24) is 4.90 Å². The topological polar surface area (TPSA) is 12.5 Å². The summed E-state index contributed by atoms with van der Waals surface area (Å²) in [6, 6.07) is 0. The Labute approximate surface area is 115 Å². The van der Waals surface area contributed by atoms with Crippen molar-refractivity contribution in [2.45, 2.75) is 78.7 Å². The maximum atomic E-state index is 6.00. The van der Waals surface area contributed by atoms with E-state index in [4.69, 9.17) is 4.74 Å². The molecule has 0 saturated carbocycles. The first-order valence-electron chi connectivity index (χ1n) is 8.12. The summed E-state index contributed by atoms with van der Waals surface area (Å²) in [4.78, 5) is 2.54. The number of rotatable bonds is 13. The summed E-state index contributed by atoms with van der Waals surface area (Å²) in [5.74, 6) is 0. The second kappa shape index (κ2) is 13.4. The minimum Gasteiger partial charge on any atom is -0.378 e. The summed E-state index contributed by atoms with van der Waals surface area (Å²) >= 11 is 0. The van der Waals surface area contributed by atoms with Crippen LogP contribution in [0.5, 0.6) is 0 Å². The Kier molecular flexibility index (Phi) is 13.3. The third-order valence-corrected chi connectivity index (χ3v) is 3.47. The highest BCUT2D eigenvalue weighted by Gasteiger charge is 2.07. The van der Waals surface area contributed by atoms with Gasteiger partial charge >= 0.3 is 0 Å². The van der Waals surface area contributed by atoms with Crippen LogP contribution in [0, 0.1) is 0 Å². The third-order valence-electron chi connectivity index (χ3n) is 3.47. The molecule has 0 fully saturated rings. The Balaban J connectivity index is 3.60. The third kappa shape index (κ3) is 9.90. The van der Waals surface area contributed by atoms with Gasteiger partial charge in [0, 0.05) is 13.2 Å². The Bertz CT molecular complexity index is 155. The van der Waals surface area contributed by atoms with Gasteiger partial charge in [-0.25, -0.2) is 0 Å². The summed E-state index contributed by atoms with van der Waals surface area (Å²) < 4.78 is 6.00. The molecule has 0 aliphatic rings. The summed E-state index contributed by atoms with van der Waals surface area (Å²) in [6.45, 7) is 13.6. The molecular weight excluding hydrogens is 222 g/mol. The van der Waals surface area contributed by atoms with E-state index in [1.807, 2.05) is 0 Å². The summed E-state index contributed by atoms with van der Waals surface area (Å²) in [5, 5.41) is 0. The second-order valence-corrected chi connectivity index (χ2v) is 5.21. The number of hydrogen-bond donors (Lipinski definition) is 0. The minimum absolute atomic E-state index is 0.505. The van der Waals surface area contributed by atoms with Gasteiger partial charge in [0.15, 0.2) is 0 Å². The molecule has 0 atom stereocenters. The molecule has 110 valence electrons. The molecule has 0 radical (unpaired) electrons. The Morgan fingerprint density at radius 2 is 1.44 bits per heavy atom. The number of nitrogens with zero attached hydrogens (tertiary/aromatic N) is 1.